The molecule has 0 bridgehead atoms. The Labute approximate surface area is 113 Å². The van der Waals surface area contributed by atoms with Crippen molar-refractivity contribution in [1.29, 1.82) is 0 Å². The quantitative estimate of drug-likeness (QED) is 0.817. The van der Waals surface area contributed by atoms with E-state index in [1.165, 1.54) is 6.92 Å². The van der Waals surface area contributed by atoms with E-state index >= 15 is 0 Å². The monoisotopic (exact) mass is 263 g/mol. The average molecular weight is 263 g/mol. The van der Waals surface area contributed by atoms with Crippen LogP contribution in [0.4, 0.5) is 0 Å². The number of Topliss-reactive ketones (excluding diaryl/α,β-unsaturated/α-hetero) is 1. The van der Waals surface area contributed by atoms with Crippen molar-refractivity contribution in [1.82, 2.24) is 5.32 Å². The maximum Gasteiger partial charge on any atom is 0.251 e. The average Bonchev–Trinajstić information content (AvgIpc) is 2.34. The Morgan fingerprint density at radius 3 is 2.05 bits per heavy atom. The molecule has 0 radical (unpaired) electrons. The van der Waals surface area contributed by atoms with Gasteiger partial charge in [0.2, 0.25) is 0 Å². The third-order valence-electron chi connectivity index (χ3n) is 3.01. The molecule has 4 heteroatoms. The first-order valence-electron chi connectivity index (χ1n) is 6.29. The summed E-state index contributed by atoms with van der Waals surface area (Å²) in [5.41, 5.74) is 0.781. The summed E-state index contributed by atoms with van der Waals surface area (Å²) in [4.78, 5) is 23.0. The third-order valence-corrected chi connectivity index (χ3v) is 3.01. The van der Waals surface area contributed by atoms with Crippen LogP contribution in [-0.2, 0) is 0 Å². The molecule has 0 saturated heterocycles. The number of ketones is 1. The Bertz CT molecular complexity index is 457. The van der Waals surface area contributed by atoms with Gasteiger partial charge in [-0.1, -0.05) is 32.9 Å². The lowest BCUT2D eigenvalue weighted by Gasteiger charge is -2.25. The number of carbonyl (C=O) groups is 2. The fraction of sp³-hybridized carbons (Fsp3) is 0.467. The van der Waals surface area contributed by atoms with Crippen LogP contribution in [0, 0.1) is 5.41 Å². The van der Waals surface area contributed by atoms with Crippen LogP contribution in [0.25, 0.3) is 0 Å². The van der Waals surface area contributed by atoms with Crippen LogP contribution in [0.5, 0.6) is 0 Å². The second-order valence-electron chi connectivity index (χ2n) is 5.73. The van der Waals surface area contributed by atoms with Crippen molar-refractivity contribution in [3.05, 3.63) is 35.4 Å². The standard InChI is InChI=1S/C15H21NO3/c1-10(17)11-5-7-12(8-6-11)14(19)16-9-13(18)15(2,3)4/h5-8,13,18H,9H2,1-4H3,(H,16,19). The number of nitrogens with one attached hydrogen (secondary N) is 1. The highest BCUT2D eigenvalue weighted by Crippen LogP contribution is 2.18. The summed E-state index contributed by atoms with van der Waals surface area (Å²) in [7, 11) is 0. The van der Waals surface area contributed by atoms with E-state index in [0.29, 0.717) is 11.1 Å². The minimum atomic E-state index is -0.604. The number of carbonyl (C=O) groups excluding carboxylic acids is 2. The van der Waals surface area contributed by atoms with Gasteiger partial charge in [-0.15, -0.1) is 0 Å². The van der Waals surface area contributed by atoms with E-state index in [2.05, 4.69) is 5.32 Å². The van der Waals surface area contributed by atoms with Gasteiger partial charge in [0.15, 0.2) is 5.78 Å². The molecule has 1 unspecified atom stereocenters. The summed E-state index contributed by atoms with van der Waals surface area (Å²) in [5, 5.41) is 12.5. The first kappa shape index (κ1) is 15.4. The molecule has 1 atom stereocenters. The number of benzene rings is 1. The number of aliphatic hydroxyl groups excluding tert-OH is 1. The van der Waals surface area contributed by atoms with Crippen molar-refractivity contribution < 1.29 is 14.7 Å². The van der Waals surface area contributed by atoms with Crippen molar-refractivity contribution in [2.24, 2.45) is 5.41 Å². The van der Waals surface area contributed by atoms with Crippen molar-refractivity contribution in [2.75, 3.05) is 6.54 Å². The predicted octanol–water partition coefficient (Wildman–Crippen LogP) is 2.03. The maximum atomic E-state index is 11.9. The molecule has 0 fully saturated rings. The molecule has 0 aliphatic carbocycles. The number of aliphatic hydroxyl groups is 1. The van der Waals surface area contributed by atoms with Gasteiger partial charge < -0.3 is 10.4 Å². The van der Waals surface area contributed by atoms with Crippen LogP contribution in [-0.4, -0.2) is 29.4 Å². The molecule has 2 N–H and O–H groups in total. The van der Waals surface area contributed by atoms with E-state index in [0.717, 1.165) is 0 Å². The number of hydrogen-bond donors (Lipinski definition) is 2. The van der Waals surface area contributed by atoms with E-state index in [1.807, 2.05) is 20.8 Å². The molecule has 0 saturated carbocycles. The first-order chi connectivity index (χ1) is 8.71. The largest absolute Gasteiger partial charge is 0.391 e. The van der Waals surface area contributed by atoms with Crippen molar-refractivity contribution in [3.63, 3.8) is 0 Å². The van der Waals surface area contributed by atoms with Gasteiger partial charge >= 0.3 is 0 Å². The molecule has 4 nitrogen and oxygen atoms in total. The lowest BCUT2D eigenvalue weighted by atomic mass is 9.89. The molecule has 0 aromatic heterocycles. The maximum absolute atomic E-state index is 11.9. The summed E-state index contributed by atoms with van der Waals surface area (Å²) in [6.45, 7) is 7.41. The Morgan fingerprint density at radius 2 is 1.63 bits per heavy atom. The fourth-order valence-electron chi connectivity index (χ4n) is 1.45. The molecule has 1 aromatic rings. The normalized spacial score (nSPS) is 12.9. The molecule has 104 valence electrons. The Balaban J connectivity index is 2.61. The van der Waals surface area contributed by atoms with Crippen LogP contribution in [0.2, 0.25) is 0 Å². The SMILES string of the molecule is CC(=O)c1ccc(C(=O)NCC(O)C(C)(C)C)cc1. The number of rotatable bonds is 4. The molecular weight excluding hydrogens is 242 g/mol. The summed E-state index contributed by atoms with van der Waals surface area (Å²) >= 11 is 0. The molecule has 0 heterocycles. The van der Waals surface area contributed by atoms with Crippen molar-refractivity contribution in [2.45, 2.75) is 33.8 Å². The van der Waals surface area contributed by atoms with Crippen LogP contribution in [0.3, 0.4) is 0 Å². The Morgan fingerprint density at radius 1 is 1.16 bits per heavy atom. The molecule has 1 aromatic carbocycles. The molecule has 0 aliphatic heterocycles. The van der Waals surface area contributed by atoms with E-state index in [9.17, 15) is 14.7 Å². The minimum Gasteiger partial charge on any atom is -0.391 e. The molecule has 0 aliphatic rings. The third kappa shape index (κ3) is 4.48. The Kier molecular flexibility index (Phi) is 4.84. The second kappa shape index (κ2) is 5.97. The van der Waals surface area contributed by atoms with Gasteiger partial charge in [-0.05, 0) is 24.5 Å². The van der Waals surface area contributed by atoms with Gasteiger partial charge in [-0.25, -0.2) is 0 Å². The van der Waals surface area contributed by atoms with Crippen molar-refractivity contribution in [3.8, 4) is 0 Å². The van der Waals surface area contributed by atoms with Gasteiger partial charge in [0, 0.05) is 17.7 Å². The van der Waals surface area contributed by atoms with Crippen LogP contribution in [0.1, 0.15) is 48.4 Å². The number of amides is 1. The highest BCUT2D eigenvalue weighted by atomic mass is 16.3. The lowest BCUT2D eigenvalue weighted by molar-refractivity contribution is 0.0587. The highest BCUT2D eigenvalue weighted by Gasteiger charge is 2.22. The zero-order valence-corrected chi connectivity index (χ0v) is 11.9. The Hall–Kier alpha value is -1.68. The lowest BCUT2D eigenvalue weighted by Crippen LogP contribution is -2.39. The van der Waals surface area contributed by atoms with Gasteiger partial charge in [-0.3, -0.25) is 9.59 Å². The van der Waals surface area contributed by atoms with Crippen LogP contribution >= 0.6 is 0 Å². The summed E-state index contributed by atoms with van der Waals surface area (Å²) in [6.07, 6.45) is -0.604. The smallest absolute Gasteiger partial charge is 0.251 e. The first-order valence-corrected chi connectivity index (χ1v) is 6.29. The summed E-state index contributed by atoms with van der Waals surface area (Å²) < 4.78 is 0. The van der Waals surface area contributed by atoms with Gasteiger partial charge in [0.25, 0.3) is 5.91 Å². The van der Waals surface area contributed by atoms with Crippen molar-refractivity contribution >= 4 is 11.7 Å². The number of hydrogen-bond acceptors (Lipinski definition) is 3. The fourth-order valence-corrected chi connectivity index (χ4v) is 1.45. The summed E-state index contributed by atoms with van der Waals surface area (Å²) in [6, 6.07) is 6.46. The predicted molar refractivity (Wildman–Crippen MR) is 74.2 cm³/mol. The minimum absolute atomic E-state index is 0.0323. The van der Waals surface area contributed by atoms with E-state index in [-0.39, 0.29) is 23.7 Å². The molecule has 19 heavy (non-hydrogen) atoms. The molecule has 0 spiro atoms. The topological polar surface area (TPSA) is 66.4 Å². The molecular formula is C15H21NO3. The van der Waals surface area contributed by atoms with E-state index in [4.69, 9.17) is 0 Å². The van der Waals surface area contributed by atoms with Gasteiger partial charge in [0.1, 0.15) is 0 Å². The van der Waals surface area contributed by atoms with E-state index < -0.39 is 6.10 Å². The second-order valence-corrected chi connectivity index (χ2v) is 5.73. The zero-order chi connectivity index (χ0) is 14.6. The molecule has 1 amide bonds. The molecule has 1 rings (SSSR count). The summed E-state index contributed by atoms with van der Waals surface area (Å²) in [5.74, 6) is -0.284. The van der Waals surface area contributed by atoms with Crippen LogP contribution < -0.4 is 5.32 Å². The highest BCUT2D eigenvalue weighted by molar-refractivity contribution is 5.97. The van der Waals surface area contributed by atoms with E-state index in [1.54, 1.807) is 24.3 Å². The van der Waals surface area contributed by atoms with Gasteiger partial charge in [0.05, 0.1) is 6.10 Å². The van der Waals surface area contributed by atoms with Crippen LogP contribution in [0.15, 0.2) is 24.3 Å². The zero-order valence-electron chi connectivity index (χ0n) is 11.9. The van der Waals surface area contributed by atoms with Gasteiger partial charge in [-0.2, -0.15) is 0 Å².